The Morgan fingerprint density at radius 1 is 1.04 bits per heavy atom. The molecule has 2 amide bonds. The number of nitrogens with zero attached hydrogens (tertiary/aromatic N) is 1. The fourth-order valence-corrected chi connectivity index (χ4v) is 6.12. The third-order valence-electron chi connectivity index (χ3n) is 7.03. The van der Waals surface area contributed by atoms with Gasteiger partial charge in [0.2, 0.25) is 11.8 Å². The number of hydrogen-bond acceptors (Lipinski definition) is 3. The summed E-state index contributed by atoms with van der Waals surface area (Å²) in [6.45, 7) is 5.76. The number of amides is 2. The molecule has 4 fully saturated rings. The van der Waals surface area contributed by atoms with Crippen molar-refractivity contribution < 1.29 is 9.59 Å². The lowest BCUT2D eigenvalue weighted by Crippen LogP contribution is -2.52. The minimum absolute atomic E-state index is 0.0705. The molecule has 0 atom stereocenters. The number of aryl methyl sites for hydroxylation is 2. The molecular weight excluding hydrogens is 350 g/mol. The second-order valence-corrected chi connectivity index (χ2v) is 9.48. The molecule has 0 heterocycles. The highest BCUT2D eigenvalue weighted by Crippen LogP contribution is 2.60. The highest BCUT2D eigenvalue weighted by atomic mass is 16.2. The maximum Gasteiger partial charge on any atom is 0.246 e. The van der Waals surface area contributed by atoms with Gasteiger partial charge in [0.25, 0.3) is 0 Å². The van der Waals surface area contributed by atoms with Crippen LogP contribution in [0.25, 0.3) is 0 Å². The van der Waals surface area contributed by atoms with Crippen LogP contribution in [0, 0.1) is 37.0 Å². The first-order valence-corrected chi connectivity index (χ1v) is 10.5. The zero-order chi connectivity index (χ0) is 19.9. The zero-order valence-electron chi connectivity index (χ0n) is 17.2. The Kier molecular flexibility index (Phi) is 5.02. The zero-order valence-corrected chi connectivity index (χ0v) is 17.2. The van der Waals surface area contributed by atoms with Crippen LogP contribution in [0.4, 0.5) is 5.69 Å². The van der Waals surface area contributed by atoms with Gasteiger partial charge in [-0.15, -0.1) is 0 Å². The van der Waals surface area contributed by atoms with Crippen LogP contribution in [-0.2, 0) is 9.59 Å². The summed E-state index contributed by atoms with van der Waals surface area (Å²) in [5, 5.41) is 7.24. The van der Waals surface area contributed by atoms with Crippen molar-refractivity contribution in [3.8, 4) is 0 Å². The quantitative estimate of drug-likeness (QED) is 0.588. The van der Waals surface area contributed by atoms with Gasteiger partial charge in [0, 0.05) is 11.4 Å². The molecule has 5 heteroatoms. The number of para-hydroxylation sites is 1. The number of hydrazone groups is 1. The molecule has 1 aromatic rings. The van der Waals surface area contributed by atoms with Gasteiger partial charge in [-0.3, -0.25) is 9.59 Å². The van der Waals surface area contributed by atoms with Gasteiger partial charge in [-0.2, -0.15) is 5.10 Å². The highest BCUT2D eigenvalue weighted by Gasteiger charge is 2.54. The Hall–Kier alpha value is -2.17. The molecule has 28 heavy (non-hydrogen) atoms. The number of carbonyl (C=O) groups is 2. The lowest BCUT2D eigenvalue weighted by atomic mass is 9.49. The maximum atomic E-state index is 12.9. The molecule has 0 saturated heterocycles. The molecule has 4 saturated carbocycles. The Morgan fingerprint density at radius 3 is 2.11 bits per heavy atom. The molecule has 0 unspecified atom stereocenters. The molecule has 2 N–H and O–H groups in total. The summed E-state index contributed by atoms with van der Waals surface area (Å²) in [5.74, 6) is 2.14. The molecule has 1 aromatic carbocycles. The lowest BCUT2D eigenvalue weighted by molar-refractivity contribution is -0.146. The van der Waals surface area contributed by atoms with Crippen LogP contribution in [0.1, 0.15) is 63.0 Å². The van der Waals surface area contributed by atoms with Gasteiger partial charge in [-0.1, -0.05) is 18.2 Å². The van der Waals surface area contributed by atoms with Crippen molar-refractivity contribution >= 4 is 23.2 Å². The third kappa shape index (κ3) is 3.71. The predicted octanol–water partition coefficient (Wildman–Crippen LogP) is 4.34. The van der Waals surface area contributed by atoms with E-state index in [2.05, 4.69) is 15.8 Å². The molecule has 0 aliphatic heterocycles. The van der Waals surface area contributed by atoms with Gasteiger partial charge >= 0.3 is 0 Å². The molecular formula is C23H31N3O2. The van der Waals surface area contributed by atoms with Crippen LogP contribution in [0.15, 0.2) is 23.3 Å². The van der Waals surface area contributed by atoms with Crippen molar-refractivity contribution in [2.24, 2.45) is 28.3 Å². The number of nitrogens with one attached hydrogen (secondary N) is 2. The van der Waals surface area contributed by atoms with Crippen molar-refractivity contribution in [1.29, 1.82) is 0 Å². The molecule has 150 valence electrons. The minimum atomic E-state index is -0.209. The van der Waals surface area contributed by atoms with Crippen LogP contribution in [0.3, 0.4) is 0 Å². The van der Waals surface area contributed by atoms with E-state index >= 15 is 0 Å². The summed E-state index contributed by atoms with van der Waals surface area (Å²) in [6, 6.07) is 5.94. The fraction of sp³-hybridized carbons (Fsp3) is 0.609. The van der Waals surface area contributed by atoms with E-state index in [0.29, 0.717) is 5.71 Å². The molecule has 4 aliphatic rings. The van der Waals surface area contributed by atoms with Crippen LogP contribution in [0.5, 0.6) is 0 Å². The summed E-state index contributed by atoms with van der Waals surface area (Å²) in [6.07, 6.45) is 7.17. The van der Waals surface area contributed by atoms with E-state index in [1.807, 2.05) is 32.0 Å². The van der Waals surface area contributed by atoms with Gasteiger partial charge < -0.3 is 5.32 Å². The number of benzene rings is 1. The number of hydrogen-bond donors (Lipinski definition) is 2. The molecule has 5 nitrogen and oxygen atoms in total. The summed E-state index contributed by atoms with van der Waals surface area (Å²) < 4.78 is 0. The van der Waals surface area contributed by atoms with Crippen molar-refractivity contribution in [2.75, 3.05) is 5.32 Å². The number of carbonyl (C=O) groups excluding carboxylic acids is 2. The van der Waals surface area contributed by atoms with Crippen LogP contribution < -0.4 is 10.7 Å². The van der Waals surface area contributed by atoms with E-state index < -0.39 is 0 Å². The summed E-state index contributed by atoms with van der Waals surface area (Å²) >= 11 is 0. The second-order valence-electron chi connectivity index (χ2n) is 9.48. The van der Waals surface area contributed by atoms with Gasteiger partial charge in [0.1, 0.15) is 0 Å². The molecule has 0 aromatic heterocycles. The Morgan fingerprint density at radius 2 is 1.57 bits per heavy atom. The smallest absolute Gasteiger partial charge is 0.246 e. The summed E-state index contributed by atoms with van der Waals surface area (Å²) in [7, 11) is 0. The highest BCUT2D eigenvalue weighted by molar-refractivity contribution is 6.06. The largest absolute Gasteiger partial charge is 0.325 e. The van der Waals surface area contributed by atoms with E-state index in [1.54, 1.807) is 6.92 Å². The van der Waals surface area contributed by atoms with E-state index in [-0.39, 0.29) is 23.7 Å². The molecule has 0 spiro atoms. The predicted molar refractivity (Wildman–Crippen MR) is 111 cm³/mol. The first-order chi connectivity index (χ1) is 13.3. The Labute approximate surface area is 167 Å². The Balaban J connectivity index is 1.34. The van der Waals surface area contributed by atoms with E-state index in [4.69, 9.17) is 0 Å². The first kappa shape index (κ1) is 19.2. The molecule has 4 aliphatic carbocycles. The van der Waals surface area contributed by atoms with Crippen molar-refractivity contribution in [3.05, 3.63) is 29.3 Å². The molecule has 5 rings (SSSR count). The van der Waals surface area contributed by atoms with Crippen LogP contribution in [-0.4, -0.2) is 17.5 Å². The SMILES string of the molecule is CC(CC(=O)Nc1c(C)cccc1C)=NNC(=O)C12CC3CC(CC(C3)C1)C2. The average molecular weight is 382 g/mol. The topological polar surface area (TPSA) is 70.6 Å². The van der Waals surface area contributed by atoms with Crippen LogP contribution >= 0.6 is 0 Å². The molecule has 0 radical (unpaired) electrons. The minimum Gasteiger partial charge on any atom is -0.325 e. The van der Waals surface area contributed by atoms with E-state index in [0.717, 1.165) is 53.8 Å². The normalized spacial score (nSPS) is 31.0. The summed E-state index contributed by atoms with van der Waals surface area (Å²) in [5.41, 5.74) is 6.16. The monoisotopic (exact) mass is 381 g/mol. The first-order valence-electron chi connectivity index (χ1n) is 10.5. The van der Waals surface area contributed by atoms with Crippen molar-refractivity contribution in [3.63, 3.8) is 0 Å². The second kappa shape index (κ2) is 7.34. The maximum absolute atomic E-state index is 12.9. The summed E-state index contributed by atoms with van der Waals surface area (Å²) in [4.78, 5) is 25.3. The van der Waals surface area contributed by atoms with Gasteiger partial charge in [-0.25, -0.2) is 5.43 Å². The average Bonchev–Trinajstić information content (AvgIpc) is 2.61. The lowest BCUT2D eigenvalue weighted by Gasteiger charge is -2.55. The molecule has 4 bridgehead atoms. The third-order valence-corrected chi connectivity index (χ3v) is 7.03. The van der Waals surface area contributed by atoms with E-state index in [9.17, 15) is 9.59 Å². The van der Waals surface area contributed by atoms with Gasteiger partial charge in [0.15, 0.2) is 0 Å². The van der Waals surface area contributed by atoms with Gasteiger partial charge in [-0.05, 0) is 88.2 Å². The number of anilines is 1. The Bertz CT molecular complexity index is 772. The van der Waals surface area contributed by atoms with Crippen molar-refractivity contribution in [2.45, 2.75) is 65.7 Å². The number of rotatable bonds is 5. The van der Waals surface area contributed by atoms with Crippen molar-refractivity contribution in [1.82, 2.24) is 5.43 Å². The fourth-order valence-electron chi connectivity index (χ4n) is 6.12. The van der Waals surface area contributed by atoms with E-state index in [1.165, 1.54) is 19.3 Å². The van der Waals surface area contributed by atoms with Crippen LogP contribution in [0.2, 0.25) is 0 Å². The van der Waals surface area contributed by atoms with Gasteiger partial charge in [0.05, 0.1) is 11.8 Å². The standard InChI is InChI=1S/C23H31N3O2/c1-14-5-4-6-15(2)21(14)24-20(27)7-16(3)25-26-22(28)23-11-17-8-18(12-23)10-19(9-17)13-23/h4-6,17-19H,7-13H2,1-3H3,(H,24,27)(H,26,28).